The lowest BCUT2D eigenvalue weighted by atomic mass is 9.94. The largest absolute Gasteiger partial charge is 0.393 e. The molecule has 1 aliphatic carbocycles. The summed E-state index contributed by atoms with van der Waals surface area (Å²) in [5.74, 6) is -0.218. The summed E-state index contributed by atoms with van der Waals surface area (Å²) in [6.45, 7) is 1.19. The van der Waals surface area contributed by atoms with Gasteiger partial charge in [0.2, 0.25) is 11.8 Å². The van der Waals surface area contributed by atoms with E-state index in [0.29, 0.717) is 32.4 Å². The lowest BCUT2D eigenvalue weighted by Crippen LogP contribution is -2.42. The number of carbonyl (C=O) groups excluding carboxylic acids is 2. The third kappa shape index (κ3) is 1.73. The minimum absolute atomic E-state index is 0.0425. The Morgan fingerprint density at radius 2 is 2.00 bits per heavy atom. The summed E-state index contributed by atoms with van der Waals surface area (Å²) in [5.41, 5.74) is 1.17. The molecule has 5 nitrogen and oxygen atoms in total. The number of benzene rings is 1. The van der Waals surface area contributed by atoms with Crippen LogP contribution in [-0.2, 0) is 15.0 Å². The molecule has 3 aliphatic rings. The van der Waals surface area contributed by atoms with E-state index in [2.05, 4.69) is 5.32 Å². The molecule has 2 fully saturated rings. The van der Waals surface area contributed by atoms with Crippen molar-refractivity contribution in [2.24, 2.45) is 5.92 Å². The highest BCUT2D eigenvalue weighted by Gasteiger charge is 2.68. The third-order valence-electron chi connectivity index (χ3n) is 5.10. The van der Waals surface area contributed by atoms with Crippen LogP contribution in [0.5, 0.6) is 0 Å². The molecule has 21 heavy (non-hydrogen) atoms. The first-order valence-electron chi connectivity index (χ1n) is 7.51. The second kappa shape index (κ2) is 4.31. The first-order valence-corrected chi connectivity index (χ1v) is 7.51. The van der Waals surface area contributed by atoms with E-state index in [9.17, 15) is 14.7 Å². The smallest absolute Gasteiger partial charge is 0.235 e. The fourth-order valence-electron chi connectivity index (χ4n) is 3.75. The monoisotopic (exact) mass is 286 g/mol. The number of hydrogen-bond acceptors (Lipinski definition) is 3. The van der Waals surface area contributed by atoms with E-state index >= 15 is 0 Å². The molecule has 2 heterocycles. The predicted octanol–water partition coefficient (Wildman–Crippen LogP) is 0.880. The molecule has 1 saturated heterocycles. The van der Waals surface area contributed by atoms with Crippen molar-refractivity contribution in [1.82, 2.24) is 4.90 Å². The molecule has 1 saturated carbocycles. The molecule has 2 aliphatic heterocycles. The maximum absolute atomic E-state index is 12.6. The van der Waals surface area contributed by atoms with Crippen LogP contribution in [0.25, 0.3) is 0 Å². The summed E-state index contributed by atoms with van der Waals surface area (Å²) in [7, 11) is 0. The number of nitrogens with one attached hydrogen (secondary N) is 1. The molecule has 0 aromatic heterocycles. The second-order valence-electron chi connectivity index (χ2n) is 6.28. The summed E-state index contributed by atoms with van der Waals surface area (Å²) in [4.78, 5) is 26.8. The standard InChI is InChI=1S/C16H18N2O3/c19-10-5-7-18(8-6-10)14(20)12-9-16(12)11-3-1-2-4-13(11)17-15(16)21/h1-4,10,12,19H,5-9H2,(H,17,21). The molecule has 2 atom stereocenters. The Morgan fingerprint density at radius 1 is 1.29 bits per heavy atom. The first kappa shape index (κ1) is 12.8. The number of rotatable bonds is 1. The van der Waals surface area contributed by atoms with Crippen molar-refractivity contribution in [3.8, 4) is 0 Å². The van der Waals surface area contributed by atoms with Gasteiger partial charge >= 0.3 is 0 Å². The minimum atomic E-state index is -0.635. The molecule has 0 bridgehead atoms. The molecule has 0 radical (unpaired) electrons. The van der Waals surface area contributed by atoms with E-state index in [1.807, 2.05) is 24.3 Å². The van der Waals surface area contributed by atoms with Crippen LogP contribution < -0.4 is 5.32 Å². The van der Waals surface area contributed by atoms with Gasteiger partial charge in [0.1, 0.15) is 0 Å². The Balaban J connectivity index is 1.57. The average molecular weight is 286 g/mol. The van der Waals surface area contributed by atoms with Gasteiger partial charge in [-0.25, -0.2) is 0 Å². The van der Waals surface area contributed by atoms with Crippen LogP contribution in [0, 0.1) is 5.92 Å². The maximum Gasteiger partial charge on any atom is 0.235 e. The summed E-state index contributed by atoms with van der Waals surface area (Å²) in [6, 6.07) is 7.64. The number of anilines is 1. The van der Waals surface area contributed by atoms with Crippen molar-refractivity contribution in [3.63, 3.8) is 0 Å². The van der Waals surface area contributed by atoms with Crippen LogP contribution in [-0.4, -0.2) is 41.0 Å². The van der Waals surface area contributed by atoms with Crippen LogP contribution in [0.15, 0.2) is 24.3 Å². The molecule has 110 valence electrons. The zero-order valence-corrected chi connectivity index (χ0v) is 11.7. The molecule has 1 aromatic carbocycles. The van der Waals surface area contributed by atoms with Crippen molar-refractivity contribution in [2.75, 3.05) is 18.4 Å². The lowest BCUT2D eigenvalue weighted by molar-refractivity contribution is -0.136. The van der Waals surface area contributed by atoms with E-state index in [1.54, 1.807) is 4.90 Å². The number of likely N-dealkylation sites (tertiary alicyclic amines) is 1. The van der Waals surface area contributed by atoms with Gasteiger partial charge in [-0.05, 0) is 30.9 Å². The average Bonchev–Trinajstić information content (AvgIpc) is 3.18. The number of nitrogens with zero attached hydrogens (tertiary/aromatic N) is 1. The number of carbonyl (C=O) groups is 2. The number of aliphatic hydroxyl groups excluding tert-OH is 1. The van der Waals surface area contributed by atoms with Crippen LogP contribution in [0.2, 0.25) is 0 Å². The summed E-state index contributed by atoms with van der Waals surface area (Å²) in [6.07, 6.45) is 1.58. The van der Waals surface area contributed by atoms with E-state index in [4.69, 9.17) is 0 Å². The zero-order chi connectivity index (χ0) is 14.6. The fourth-order valence-corrected chi connectivity index (χ4v) is 3.75. The van der Waals surface area contributed by atoms with Crippen LogP contribution >= 0.6 is 0 Å². The van der Waals surface area contributed by atoms with Crippen LogP contribution in [0.1, 0.15) is 24.8 Å². The minimum Gasteiger partial charge on any atom is -0.393 e. The highest BCUT2D eigenvalue weighted by atomic mass is 16.3. The molecule has 2 amide bonds. The quantitative estimate of drug-likeness (QED) is 0.805. The van der Waals surface area contributed by atoms with E-state index in [1.165, 1.54) is 0 Å². The third-order valence-corrected chi connectivity index (χ3v) is 5.10. The molecule has 1 aromatic rings. The summed E-state index contributed by atoms with van der Waals surface area (Å²) >= 11 is 0. The maximum atomic E-state index is 12.6. The van der Waals surface area contributed by atoms with Crippen molar-refractivity contribution in [1.29, 1.82) is 0 Å². The van der Waals surface area contributed by atoms with Crippen LogP contribution in [0.4, 0.5) is 5.69 Å². The van der Waals surface area contributed by atoms with Gasteiger partial charge in [-0.3, -0.25) is 9.59 Å². The number of hydrogen-bond donors (Lipinski definition) is 2. The van der Waals surface area contributed by atoms with Gasteiger partial charge in [-0.15, -0.1) is 0 Å². The number of fused-ring (bicyclic) bond motifs is 2. The first-order chi connectivity index (χ1) is 10.1. The zero-order valence-electron chi connectivity index (χ0n) is 11.7. The van der Waals surface area contributed by atoms with E-state index < -0.39 is 5.41 Å². The Morgan fingerprint density at radius 3 is 2.76 bits per heavy atom. The topological polar surface area (TPSA) is 69.6 Å². The van der Waals surface area contributed by atoms with Gasteiger partial charge < -0.3 is 15.3 Å². The Kier molecular flexibility index (Phi) is 2.63. The van der Waals surface area contributed by atoms with Gasteiger partial charge in [0.25, 0.3) is 0 Å². The fraction of sp³-hybridized carbons (Fsp3) is 0.500. The van der Waals surface area contributed by atoms with E-state index in [0.717, 1.165) is 11.3 Å². The van der Waals surface area contributed by atoms with Gasteiger partial charge in [-0.2, -0.15) is 0 Å². The van der Waals surface area contributed by atoms with Crippen molar-refractivity contribution in [3.05, 3.63) is 29.8 Å². The molecule has 2 N–H and O–H groups in total. The Labute approximate surface area is 122 Å². The Bertz CT molecular complexity index is 622. The number of piperidine rings is 1. The molecule has 2 unspecified atom stereocenters. The van der Waals surface area contributed by atoms with Crippen molar-refractivity contribution in [2.45, 2.75) is 30.8 Å². The highest BCUT2D eigenvalue weighted by Crippen LogP contribution is 2.60. The SMILES string of the molecule is O=C(C1CC12C(=O)Nc1ccccc12)N1CCC(O)CC1. The summed E-state index contributed by atoms with van der Waals surface area (Å²) < 4.78 is 0. The lowest BCUT2D eigenvalue weighted by Gasteiger charge is -2.30. The second-order valence-corrected chi connectivity index (χ2v) is 6.28. The van der Waals surface area contributed by atoms with Crippen molar-refractivity contribution >= 4 is 17.5 Å². The van der Waals surface area contributed by atoms with Gasteiger partial charge in [0.05, 0.1) is 17.4 Å². The number of aliphatic hydroxyl groups is 1. The van der Waals surface area contributed by atoms with E-state index in [-0.39, 0.29) is 23.8 Å². The highest BCUT2D eigenvalue weighted by molar-refractivity contribution is 6.12. The number of para-hydroxylation sites is 1. The molecule has 4 rings (SSSR count). The molecular weight excluding hydrogens is 268 g/mol. The van der Waals surface area contributed by atoms with Gasteiger partial charge in [0.15, 0.2) is 0 Å². The molecule has 5 heteroatoms. The van der Waals surface area contributed by atoms with Crippen molar-refractivity contribution < 1.29 is 14.7 Å². The number of amides is 2. The molecule has 1 spiro atoms. The normalized spacial score (nSPS) is 31.2. The van der Waals surface area contributed by atoms with Gasteiger partial charge in [0, 0.05) is 18.8 Å². The predicted molar refractivity (Wildman–Crippen MR) is 76.7 cm³/mol. The van der Waals surface area contributed by atoms with Gasteiger partial charge in [-0.1, -0.05) is 18.2 Å². The molecular formula is C16H18N2O3. The van der Waals surface area contributed by atoms with Crippen LogP contribution in [0.3, 0.4) is 0 Å². The Hall–Kier alpha value is -1.88. The summed E-state index contributed by atoms with van der Waals surface area (Å²) in [5, 5.41) is 12.4.